The fourth-order valence-electron chi connectivity index (χ4n) is 4.35. The van der Waals surface area contributed by atoms with Crippen molar-refractivity contribution in [2.45, 2.75) is 12.5 Å². The zero-order chi connectivity index (χ0) is 22.2. The molecular formula is C26H29ClN3O+. The number of carbonyl (C=O) groups is 1. The van der Waals surface area contributed by atoms with Crippen molar-refractivity contribution in [3.05, 3.63) is 77.4 Å². The van der Waals surface area contributed by atoms with Gasteiger partial charge >= 0.3 is 0 Å². The summed E-state index contributed by atoms with van der Waals surface area (Å²) in [6.07, 6.45) is 3.51. The molecular weight excluding hydrogens is 406 g/mol. The zero-order valence-electron chi connectivity index (χ0n) is 18.3. The lowest BCUT2D eigenvalue weighted by molar-refractivity contribution is -0.884. The highest BCUT2D eigenvalue weighted by Crippen LogP contribution is 2.44. The maximum atomic E-state index is 13.1. The Morgan fingerprint density at radius 2 is 1.81 bits per heavy atom. The van der Waals surface area contributed by atoms with Crippen molar-refractivity contribution in [1.82, 2.24) is 0 Å². The largest absolute Gasteiger partial charge is 0.398 e. The van der Waals surface area contributed by atoms with Crippen molar-refractivity contribution in [2.75, 3.05) is 44.2 Å². The summed E-state index contributed by atoms with van der Waals surface area (Å²) in [5, 5.41) is 2.09. The van der Waals surface area contributed by atoms with Crippen LogP contribution in [0.5, 0.6) is 0 Å². The molecule has 0 saturated carbocycles. The van der Waals surface area contributed by atoms with E-state index in [9.17, 15) is 4.79 Å². The predicted molar refractivity (Wildman–Crippen MR) is 131 cm³/mol. The molecule has 0 aromatic heterocycles. The molecule has 3 aromatic rings. The van der Waals surface area contributed by atoms with Gasteiger partial charge in [-0.1, -0.05) is 48.5 Å². The van der Waals surface area contributed by atoms with Gasteiger partial charge in [0.05, 0.1) is 26.8 Å². The Morgan fingerprint density at radius 1 is 1.13 bits per heavy atom. The van der Waals surface area contributed by atoms with E-state index in [0.717, 1.165) is 38.6 Å². The van der Waals surface area contributed by atoms with Crippen LogP contribution >= 0.6 is 11.6 Å². The number of amides is 1. The Kier molecular flexibility index (Phi) is 5.78. The molecule has 1 unspecified atom stereocenters. The first kappa shape index (κ1) is 21.4. The second-order valence-corrected chi connectivity index (χ2v) is 9.58. The molecule has 1 atom stereocenters. The van der Waals surface area contributed by atoms with Crippen molar-refractivity contribution in [1.29, 1.82) is 0 Å². The van der Waals surface area contributed by atoms with Gasteiger partial charge < -0.3 is 15.1 Å². The van der Waals surface area contributed by atoms with Crippen LogP contribution in [0.4, 0.5) is 11.4 Å². The number of quaternary nitrogens is 1. The molecule has 2 N–H and O–H groups in total. The number of nitrogens with zero attached hydrogens (tertiary/aromatic N) is 2. The van der Waals surface area contributed by atoms with Crippen LogP contribution in [0.3, 0.4) is 0 Å². The minimum Gasteiger partial charge on any atom is -0.398 e. The molecule has 31 heavy (non-hydrogen) atoms. The molecule has 0 fully saturated rings. The summed E-state index contributed by atoms with van der Waals surface area (Å²) in [5.74, 6) is 0.496. The maximum absolute atomic E-state index is 13.1. The fraction of sp³-hybridized carbons (Fsp3) is 0.269. The van der Waals surface area contributed by atoms with Gasteiger partial charge in [-0.05, 0) is 28.7 Å². The Hall–Kier alpha value is -2.82. The van der Waals surface area contributed by atoms with Gasteiger partial charge in [0.15, 0.2) is 0 Å². The highest BCUT2D eigenvalue weighted by atomic mass is 35.5. The van der Waals surface area contributed by atoms with Crippen LogP contribution in [0, 0.1) is 0 Å². The highest BCUT2D eigenvalue weighted by molar-refractivity contribution is 6.19. The summed E-state index contributed by atoms with van der Waals surface area (Å²) in [6, 6.07) is 18.3. The third-order valence-corrected chi connectivity index (χ3v) is 6.08. The predicted octanol–water partition coefficient (Wildman–Crippen LogP) is 5.01. The van der Waals surface area contributed by atoms with E-state index in [4.69, 9.17) is 17.3 Å². The summed E-state index contributed by atoms with van der Waals surface area (Å²) in [6.45, 7) is 1.53. The minimum atomic E-state index is -0.0565. The second kappa shape index (κ2) is 8.37. The van der Waals surface area contributed by atoms with Gasteiger partial charge in [0.2, 0.25) is 0 Å². The lowest BCUT2D eigenvalue weighted by Crippen LogP contribution is -2.33. The average Bonchev–Trinajstić information content (AvgIpc) is 3.11. The molecule has 0 bridgehead atoms. The number of alkyl halides is 1. The summed E-state index contributed by atoms with van der Waals surface area (Å²) in [7, 11) is 6.51. The molecule has 4 rings (SSSR count). The van der Waals surface area contributed by atoms with Gasteiger partial charge in [0, 0.05) is 41.1 Å². The number of rotatable bonds is 5. The van der Waals surface area contributed by atoms with E-state index in [2.05, 4.69) is 51.5 Å². The molecule has 1 heterocycles. The van der Waals surface area contributed by atoms with E-state index in [1.54, 1.807) is 11.0 Å². The fourth-order valence-corrected chi connectivity index (χ4v) is 4.60. The number of halogens is 1. The second-order valence-electron chi connectivity index (χ2n) is 9.27. The Morgan fingerprint density at radius 3 is 2.45 bits per heavy atom. The highest BCUT2D eigenvalue weighted by Gasteiger charge is 2.33. The summed E-state index contributed by atoms with van der Waals surface area (Å²) >= 11 is 6.29. The first-order valence-electron chi connectivity index (χ1n) is 10.5. The van der Waals surface area contributed by atoms with Crippen molar-refractivity contribution in [3.63, 3.8) is 0 Å². The Labute approximate surface area is 189 Å². The third kappa shape index (κ3) is 4.46. The van der Waals surface area contributed by atoms with E-state index in [-0.39, 0.29) is 11.8 Å². The van der Waals surface area contributed by atoms with Crippen LogP contribution < -0.4 is 10.6 Å². The number of carbonyl (C=O) groups excluding carboxylic acids is 1. The molecule has 160 valence electrons. The summed E-state index contributed by atoms with van der Waals surface area (Å²) in [5.41, 5.74) is 11.3. The monoisotopic (exact) mass is 434 g/mol. The van der Waals surface area contributed by atoms with E-state index < -0.39 is 0 Å². The van der Waals surface area contributed by atoms with Crippen LogP contribution in [0.15, 0.2) is 60.7 Å². The number of hydrogen-bond donors (Lipinski definition) is 1. The molecule has 4 nitrogen and oxygen atoms in total. The maximum Gasteiger partial charge on any atom is 0.251 e. The van der Waals surface area contributed by atoms with Crippen molar-refractivity contribution >= 4 is 45.7 Å². The third-order valence-electron chi connectivity index (χ3n) is 5.71. The molecule has 5 heteroatoms. The Balaban J connectivity index is 1.59. The number of anilines is 2. The standard InChI is InChI=1S/C26H29ClN3O/c1-30(2,3)17-19-10-8-18(9-11-19)12-13-25(31)29-16-20(15-27)26-22-7-5-4-6-21(22)23(28)14-24(26)29/h4-14,20H,15-17,28H2,1-3H3/q+1/b13-12+. The number of nitrogens with two attached hydrogens (primary N) is 1. The van der Waals surface area contributed by atoms with Gasteiger partial charge in [-0.2, -0.15) is 0 Å². The molecule has 0 radical (unpaired) electrons. The molecule has 3 aromatic carbocycles. The smallest absolute Gasteiger partial charge is 0.251 e. The zero-order valence-corrected chi connectivity index (χ0v) is 19.1. The molecule has 0 aliphatic carbocycles. The molecule has 1 amide bonds. The SMILES string of the molecule is C[N+](C)(C)Cc1ccc(/C=C/C(=O)N2CC(CCl)c3c2cc(N)c2ccccc32)cc1. The number of fused-ring (bicyclic) bond motifs is 3. The van der Waals surface area contributed by atoms with Crippen molar-refractivity contribution in [2.24, 2.45) is 0 Å². The molecule has 0 saturated heterocycles. The molecule has 0 spiro atoms. The lowest BCUT2D eigenvalue weighted by atomic mass is 9.95. The minimum absolute atomic E-state index is 0.0565. The molecule has 1 aliphatic heterocycles. The molecule has 1 aliphatic rings. The van der Waals surface area contributed by atoms with Gasteiger partial charge in [-0.3, -0.25) is 4.79 Å². The topological polar surface area (TPSA) is 46.3 Å². The first-order chi connectivity index (χ1) is 14.8. The van der Waals surface area contributed by atoms with Crippen LogP contribution in [0.25, 0.3) is 16.8 Å². The van der Waals surface area contributed by atoms with Gasteiger partial charge in [0.1, 0.15) is 6.54 Å². The van der Waals surface area contributed by atoms with Crippen LogP contribution in [-0.2, 0) is 11.3 Å². The summed E-state index contributed by atoms with van der Waals surface area (Å²) < 4.78 is 0.877. The van der Waals surface area contributed by atoms with Gasteiger partial charge in [0.25, 0.3) is 5.91 Å². The van der Waals surface area contributed by atoms with E-state index in [0.29, 0.717) is 18.1 Å². The number of nitrogen functional groups attached to an aromatic ring is 1. The first-order valence-corrected chi connectivity index (χ1v) is 11.1. The van der Waals surface area contributed by atoms with Gasteiger partial charge in [-0.15, -0.1) is 11.6 Å². The van der Waals surface area contributed by atoms with Gasteiger partial charge in [-0.25, -0.2) is 0 Å². The lowest BCUT2D eigenvalue weighted by Gasteiger charge is -2.23. The van der Waals surface area contributed by atoms with E-state index >= 15 is 0 Å². The van der Waals surface area contributed by atoms with Crippen molar-refractivity contribution in [3.8, 4) is 0 Å². The normalized spacial score (nSPS) is 16.3. The number of hydrogen-bond acceptors (Lipinski definition) is 2. The average molecular weight is 435 g/mol. The van der Waals surface area contributed by atoms with E-state index in [1.807, 2.05) is 30.3 Å². The van der Waals surface area contributed by atoms with E-state index in [1.165, 1.54) is 5.56 Å². The van der Waals surface area contributed by atoms with Crippen LogP contribution in [0.1, 0.15) is 22.6 Å². The van der Waals surface area contributed by atoms with Crippen LogP contribution in [0.2, 0.25) is 0 Å². The quantitative estimate of drug-likeness (QED) is 0.265. The Bertz CT molecular complexity index is 1150. The van der Waals surface area contributed by atoms with Crippen LogP contribution in [-0.4, -0.2) is 44.0 Å². The number of benzene rings is 3. The van der Waals surface area contributed by atoms with Crippen molar-refractivity contribution < 1.29 is 9.28 Å². The summed E-state index contributed by atoms with van der Waals surface area (Å²) in [4.78, 5) is 14.9.